The van der Waals surface area contributed by atoms with Gasteiger partial charge < -0.3 is 25.0 Å². The Morgan fingerprint density at radius 2 is 1.41 bits per heavy atom. The summed E-state index contributed by atoms with van der Waals surface area (Å²) in [5.74, 6) is -1.60. The van der Waals surface area contributed by atoms with Crippen LogP contribution in [0.25, 0.3) is 0 Å². The standard InChI is InChI=1S/C36H53N3O6S/c1-9-10-11-15-22-39(32(41)29(24-46)38-34(43)45-36(6,7)8)30(27-20-18-25(2)19-21-27)31(40)37-28(33(42)44-35(3,4)5)23-26-16-13-12-14-17-26/h12-14,16-21,28-30,46H,9-11,15,22-24H2,1-8H3,(H,37,40)(H,38,43). The fourth-order valence-electron chi connectivity index (χ4n) is 4.80. The van der Waals surface area contributed by atoms with Gasteiger partial charge in [0, 0.05) is 18.7 Å². The van der Waals surface area contributed by atoms with Crippen LogP contribution in [0.4, 0.5) is 4.79 Å². The van der Waals surface area contributed by atoms with Crippen LogP contribution in [-0.4, -0.2) is 64.4 Å². The lowest BCUT2D eigenvalue weighted by molar-refractivity contribution is -0.159. The van der Waals surface area contributed by atoms with E-state index in [0.717, 1.165) is 30.4 Å². The molecule has 0 bridgehead atoms. The number of benzene rings is 2. The molecule has 9 nitrogen and oxygen atoms in total. The smallest absolute Gasteiger partial charge is 0.408 e. The molecule has 0 saturated heterocycles. The van der Waals surface area contributed by atoms with Crippen LogP contribution in [0.5, 0.6) is 0 Å². The van der Waals surface area contributed by atoms with Crippen molar-refractivity contribution < 1.29 is 28.7 Å². The van der Waals surface area contributed by atoms with Gasteiger partial charge in [-0.05, 0) is 66.0 Å². The monoisotopic (exact) mass is 655 g/mol. The van der Waals surface area contributed by atoms with E-state index in [1.54, 1.807) is 41.5 Å². The summed E-state index contributed by atoms with van der Waals surface area (Å²) in [6.45, 7) is 14.8. The van der Waals surface area contributed by atoms with Gasteiger partial charge in [0.2, 0.25) is 11.8 Å². The lowest BCUT2D eigenvalue weighted by atomic mass is 9.99. The van der Waals surface area contributed by atoms with Crippen molar-refractivity contribution in [2.75, 3.05) is 12.3 Å². The SMILES string of the molecule is CCCCCCN(C(=O)C(CS)NC(=O)OC(C)(C)C)C(C(=O)NC(Cc1ccccc1)C(=O)OC(C)(C)C)c1ccc(C)cc1. The Morgan fingerprint density at radius 3 is 1.96 bits per heavy atom. The second-order valence-electron chi connectivity index (χ2n) is 13.6. The first kappa shape index (κ1) is 38.7. The van der Waals surface area contributed by atoms with Crippen molar-refractivity contribution in [1.82, 2.24) is 15.5 Å². The van der Waals surface area contributed by atoms with Crippen LogP contribution < -0.4 is 10.6 Å². The van der Waals surface area contributed by atoms with Gasteiger partial charge in [0.05, 0.1) is 0 Å². The highest BCUT2D eigenvalue weighted by Crippen LogP contribution is 2.25. The van der Waals surface area contributed by atoms with Crippen LogP contribution in [0.2, 0.25) is 0 Å². The number of nitrogens with zero attached hydrogens (tertiary/aromatic N) is 1. The quantitative estimate of drug-likeness (QED) is 0.117. The fourth-order valence-corrected chi connectivity index (χ4v) is 5.05. The highest BCUT2D eigenvalue weighted by atomic mass is 32.1. The third-order valence-corrected chi connectivity index (χ3v) is 7.32. The molecule has 0 aliphatic carbocycles. The molecule has 2 aromatic carbocycles. The molecule has 0 aliphatic heterocycles. The lowest BCUT2D eigenvalue weighted by Crippen LogP contribution is -2.55. The molecular weight excluding hydrogens is 602 g/mol. The summed E-state index contributed by atoms with van der Waals surface area (Å²) in [5, 5.41) is 5.57. The predicted octanol–water partition coefficient (Wildman–Crippen LogP) is 6.34. The Kier molecular flexibility index (Phi) is 15.1. The molecule has 0 radical (unpaired) electrons. The van der Waals surface area contributed by atoms with Gasteiger partial charge in [-0.2, -0.15) is 12.6 Å². The molecule has 3 unspecified atom stereocenters. The van der Waals surface area contributed by atoms with Crippen molar-refractivity contribution in [1.29, 1.82) is 0 Å². The Balaban J connectivity index is 2.56. The first-order chi connectivity index (χ1) is 21.5. The zero-order chi connectivity index (χ0) is 34.5. The number of carbonyl (C=O) groups excluding carboxylic acids is 4. The van der Waals surface area contributed by atoms with Crippen LogP contribution in [0.1, 0.15) is 96.9 Å². The van der Waals surface area contributed by atoms with E-state index in [1.807, 2.05) is 61.5 Å². The maximum Gasteiger partial charge on any atom is 0.408 e. The Morgan fingerprint density at radius 1 is 0.804 bits per heavy atom. The predicted molar refractivity (Wildman–Crippen MR) is 185 cm³/mol. The van der Waals surface area contributed by atoms with Crippen LogP contribution in [0, 0.1) is 6.92 Å². The van der Waals surface area contributed by atoms with Crippen LogP contribution in [0.3, 0.4) is 0 Å². The summed E-state index contributed by atoms with van der Waals surface area (Å²) in [6.07, 6.45) is 2.89. The lowest BCUT2D eigenvalue weighted by Gasteiger charge is -2.35. The molecule has 10 heteroatoms. The number of hydrogen-bond acceptors (Lipinski definition) is 7. The van der Waals surface area contributed by atoms with Gasteiger partial charge in [-0.15, -0.1) is 0 Å². The first-order valence-corrected chi connectivity index (χ1v) is 16.7. The number of nitrogens with one attached hydrogen (secondary N) is 2. The van der Waals surface area contributed by atoms with Crippen molar-refractivity contribution in [2.45, 2.75) is 117 Å². The Labute approximate surface area is 280 Å². The molecule has 0 fully saturated rings. The van der Waals surface area contributed by atoms with Crippen molar-refractivity contribution in [2.24, 2.45) is 0 Å². The third-order valence-electron chi connectivity index (χ3n) is 6.95. The number of unbranched alkanes of at least 4 members (excludes halogenated alkanes) is 3. The molecule has 0 spiro atoms. The van der Waals surface area contributed by atoms with Gasteiger partial charge in [-0.1, -0.05) is 86.3 Å². The average Bonchev–Trinajstić information content (AvgIpc) is 2.96. The summed E-state index contributed by atoms with van der Waals surface area (Å²) in [5.41, 5.74) is 0.855. The van der Waals surface area contributed by atoms with Gasteiger partial charge in [0.15, 0.2) is 0 Å². The number of alkyl carbamates (subject to hydrolysis) is 1. The topological polar surface area (TPSA) is 114 Å². The van der Waals surface area contributed by atoms with Crippen LogP contribution >= 0.6 is 12.6 Å². The zero-order valence-electron chi connectivity index (χ0n) is 28.7. The summed E-state index contributed by atoms with van der Waals surface area (Å²) in [7, 11) is 0. The maximum atomic E-state index is 14.4. The number of thiol groups is 1. The molecule has 2 N–H and O–H groups in total. The molecule has 2 rings (SSSR count). The molecule has 0 aliphatic rings. The van der Waals surface area contributed by atoms with Crippen molar-refractivity contribution in [3.8, 4) is 0 Å². The molecule has 3 amide bonds. The minimum Gasteiger partial charge on any atom is -0.458 e. The van der Waals surface area contributed by atoms with E-state index in [0.29, 0.717) is 12.0 Å². The van der Waals surface area contributed by atoms with E-state index in [-0.39, 0.29) is 18.7 Å². The van der Waals surface area contributed by atoms with E-state index >= 15 is 0 Å². The minimum atomic E-state index is -1.10. The summed E-state index contributed by atoms with van der Waals surface area (Å²) >= 11 is 4.38. The van der Waals surface area contributed by atoms with Gasteiger partial charge in [0.25, 0.3) is 0 Å². The van der Waals surface area contributed by atoms with Crippen LogP contribution in [0.15, 0.2) is 54.6 Å². The molecule has 254 valence electrons. The third kappa shape index (κ3) is 13.4. The van der Waals surface area contributed by atoms with Gasteiger partial charge >= 0.3 is 12.1 Å². The van der Waals surface area contributed by atoms with Crippen LogP contribution in [-0.2, 0) is 30.3 Å². The normalized spacial score (nSPS) is 13.6. The largest absolute Gasteiger partial charge is 0.458 e. The number of ether oxygens (including phenoxy) is 2. The Hall–Kier alpha value is -3.53. The van der Waals surface area contributed by atoms with E-state index in [9.17, 15) is 19.2 Å². The van der Waals surface area contributed by atoms with Gasteiger partial charge in [0.1, 0.15) is 29.3 Å². The average molecular weight is 656 g/mol. The highest BCUT2D eigenvalue weighted by molar-refractivity contribution is 7.80. The van der Waals surface area contributed by atoms with E-state index in [2.05, 4.69) is 30.2 Å². The first-order valence-electron chi connectivity index (χ1n) is 16.1. The second-order valence-corrected chi connectivity index (χ2v) is 13.9. The molecule has 0 aromatic heterocycles. The fraction of sp³-hybridized carbons (Fsp3) is 0.556. The molecule has 0 saturated carbocycles. The number of rotatable bonds is 15. The number of hydrogen-bond donors (Lipinski definition) is 3. The van der Waals surface area contributed by atoms with E-state index in [1.165, 1.54) is 4.90 Å². The van der Waals surface area contributed by atoms with Crippen molar-refractivity contribution >= 4 is 36.5 Å². The molecular formula is C36H53N3O6S. The summed E-state index contributed by atoms with van der Waals surface area (Å²) < 4.78 is 11.1. The highest BCUT2D eigenvalue weighted by Gasteiger charge is 2.38. The molecule has 0 heterocycles. The van der Waals surface area contributed by atoms with Crippen molar-refractivity contribution in [3.05, 3.63) is 71.3 Å². The van der Waals surface area contributed by atoms with Gasteiger partial charge in [-0.3, -0.25) is 9.59 Å². The number of aryl methyl sites for hydroxylation is 1. The number of esters is 1. The minimum absolute atomic E-state index is 0.0136. The Bertz CT molecular complexity index is 1270. The summed E-state index contributed by atoms with van der Waals surface area (Å²) in [6, 6.07) is 13.6. The maximum absolute atomic E-state index is 14.4. The van der Waals surface area contributed by atoms with E-state index in [4.69, 9.17) is 9.47 Å². The molecule has 3 atom stereocenters. The number of carbonyl (C=O) groups is 4. The zero-order valence-corrected chi connectivity index (χ0v) is 29.6. The number of amides is 3. The van der Waals surface area contributed by atoms with Crippen molar-refractivity contribution in [3.63, 3.8) is 0 Å². The van der Waals surface area contributed by atoms with Gasteiger partial charge in [-0.25, -0.2) is 9.59 Å². The molecule has 2 aromatic rings. The second kappa shape index (κ2) is 18.0. The van der Waals surface area contributed by atoms with E-state index < -0.39 is 53.2 Å². The molecule has 46 heavy (non-hydrogen) atoms. The summed E-state index contributed by atoms with van der Waals surface area (Å²) in [4.78, 5) is 56.3.